The fourth-order valence-corrected chi connectivity index (χ4v) is 2.41. The van der Waals surface area contributed by atoms with Crippen molar-refractivity contribution in [2.45, 2.75) is 6.92 Å². The molecular formula is C16H20N6O5. The fourth-order valence-electron chi connectivity index (χ4n) is 2.41. The number of carbonyl (C=O) groups is 1. The molecular weight excluding hydrogens is 356 g/mol. The van der Waals surface area contributed by atoms with Crippen molar-refractivity contribution in [3.05, 3.63) is 46.3 Å². The summed E-state index contributed by atoms with van der Waals surface area (Å²) < 4.78 is 5.12. The molecule has 0 saturated heterocycles. The molecule has 0 spiro atoms. The number of hydrogen-bond donors (Lipinski definition) is 3. The van der Waals surface area contributed by atoms with Gasteiger partial charge in [-0.15, -0.1) is 0 Å². The Balaban J connectivity index is 2.28. The Kier molecular flexibility index (Phi) is 6.83. The number of hydrazine groups is 1. The number of ether oxygens (including phenoxy) is 1. The van der Waals surface area contributed by atoms with Gasteiger partial charge < -0.3 is 14.7 Å². The summed E-state index contributed by atoms with van der Waals surface area (Å²) in [5.74, 6) is -0.329. The summed E-state index contributed by atoms with van der Waals surface area (Å²) in [5, 5.41) is 20.7. The number of aromatic nitrogens is 2. The van der Waals surface area contributed by atoms with E-state index in [1.165, 1.54) is 12.0 Å². The molecule has 0 atom stereocenters. The third-order valence-corrected chi connectivity index (χ3v) is 3.68. The van der Waals surface area contributed by atoms with E-state index in [1.807, 2.05) is 0 Å². The molecule has 1 amide bonds. The monoisotopic (exact) mass is 376 g/mol. The largest absolute Gasteiger partial charge is 0.496 e. The van der Waals surface area contributed by atoms with Gasteiger partial charge in [0, 0.05) is 13.1 Å². The van der Waals surface area contributed by atoms with Gasteiger partial charge in [0.05, 0.1) is 24.2 Å². The molecule has 144 valence electrons. The molecule has 3 N–H and O–H groups in total. The highest BCUT2D eigenvalue weighted by Gasteiger charge is 2.27. The van der Waals surface area contributed by atoms with Crippen LogP contribution in [0.4, 0.5) is 17.3 Å². The molecule has 0 saturated carbocycles. The summed E-state index contributed by atoms with van der Waals surface area (Å²) >= 11 is 0. The fraction of sp³-hybridized carbons (Fsp3) is 0.312. The van der Waals surface area contributed by atoms with Crippen molar-refractivity contribution in [1.82, 2.24) is 15.4 Å². The molecule has 1 heterocycles. The minimum Gasteiger partial charge on any atom is -0.496 e. The van der Waals surface area contributed by atoms with Gasteiger partial charge >= 0.3 is 5.69 Å². The van der Waals surface area contributed by atoms with Gasteiger partial charge in [0.2, 0.25) is 11.6 Å². The number of likely N-dealkylation sites (N-methyl/N-ethyl adjacent to an activating group) is 1. The van der Waals surface area contributed by atoms with Gasteiger partial charge in [-0.1, -0.05) is 12.1 Å². The topological polar surface area (TPSA) is 143 Å². The number of methoxy groups -OCH3 is 1. The quantitative estimate of drug-likeness (QED) is 0.431. The predicted octanol–water partition coefficient (Wildman–Crippen LogP) is 0.969. The maximum Gasteiger partial charge on any atom is 0.355 e. The normalized spacial score (nSPS) is 10.2. The Hall–Kier alpha value is -3.47. The molecule has 0 radical (unpaired) electrons. The maximum atomic E-state index is 12.3. The van der Waals surface area contributed by atoms with Crippen molar-refractivity contribution in [2.24, 2.45) is 0 Å². The first-order chi connectivity index (χ1) is 13.0. The average molecular weight is 376 g/mol. The third-order valence-electron chi connectivity index (χ3n) is 3.68. The van der Waals surface area contributed by atoms with E-state index in [1.54, 1.807) is 31.2 Å². The number of rotatable bonds is 9. The van der Waals surface area contributed by atoms with E-state index < -0.39 is 16.5 Å². The first kappa shape index (κ1) is 19.8. The Morgan fingerprint density at radius 1 is 1.37 bits per heavy atom. The zero-order chi connectivity index (χ0) is 19.8. The lowest BCUT2D eigenvalue weighted by molar-refractivity contribution is -0.383. The number of para-hydroxylation sites is 1. The zero-order valence-electron chi connectivity index (χ0n) is 14.9. The number of aliphatic hydroxyl groups excluding tert-OH is 1. The van der Waals surface area contributed by atoms with Gasteiger partial charge in [0.15, 0.2) is 0 Å². The summed E-state index contributed by atoms with van der Waals surface area (Å²) in [6, 6.07) is 6.55. The van der Waals surface area contributed by atoms with Gasteiger partial charge in [-0.05, 0) is 19.1 Å². The highest BCUT2D eigenvalue weighted by molar-refractivity contribution is 5.97. The summed E-state index contributed by atoms with van der Waals surface area (Å²) in [6.07, 6.45) is 1.14. The van der Waals surface area contributed by atoms with E-state index in [4.69, 9.17) is 9.84 Å². The summed E-state index contributed by atoms with van der Waals surface area (Å²) in [5.41, 5.74) is 4.68. The van der Waals surface area contributed by atoms with Crippen LogP contribution in [0.5, 0.6) is 5.75 Å². The third kappa shape index (κ3) is 4.58. The van der Waals surface area contributed by atoms with Crippen molar-refractivity contribution in [1.29, 1.82) is 0 Å². The number of amides is 1. The van der Waals surface area contributed by atoms with Crippen LogP contribution in [0.3, 0.4) is 0 Å². The van der Waals surface area contributed by atoms with Crippen LogP contribution in [0.1, 0.15) is 17.3 Å². The lowest BCUT2D eigenvalue weighted by Crippen LogP contribution is -2.32. The van der Waals surface area contributed by atoms with Gasteiger partial charge in [0.1, 0.15) is 12.1 Å². The minimum atomic E-state index is -0.646. The average Bonchev–Trinajstić information content (AvgIpc) is 2.69. The molecule has 0 aliphatic heterocycles. The molecule has 11 heteroatoms. The maximum absolute atomic E-state index is 12.3. The molecule has 1 aromatic heterocycles. The molecule has 0 aliphatic carbocycles. The molecule has 2 aromatic rings. The van der Waals surface area contributed by atoms with Gasteiger partial charge in [-0.25, -0.2) is 9.97 Å². The standard InChI is InChI=1S/C16H20N6O5/c1-3-21(8-9-23)15-13(22(25)26)14(17-10-18-15)19-20-16(24)11-6-4-5-7-12(11)27-2/h4-7,10,23H,3,8-9H2,1-2H3,(H,20,24)(H,17,18,19). The summed E-state index contributed by atoms with van der Waals surface area (Å²) in [4.78, 5) is 32.6. The van der Waals surface area contributed by atoms with Gasteiger partial charge in [-0.2, -0.15) is 0 Å². The molecule has 27 heavy (non-hydrogen) atoms. The van der Waals surface area contributed by atoms with E-state index in [0.29, 0.717) is 12.3 Å². The Morgan fingerprint density at radius 2 is 2.11 bits per heavy atom. The number of nitrogens with one attached hydrogen (secondary N) is 2. The second kappa shape index (κ2) is 9.29. The molecule has 0 fully saturated rings. The van der Waals surface area contributed by atoms with Crippen LogP contribution in [0.15, 0.2) is 30.6 Å². The number of carbonyl (C=O) groups excluding carboxylic acids is 1. The smallest absolute Gasteiger partial charge is 0.355 e. The van der Waals surface area contributed by atoms with Gasteiger partial charge in [0.25, 0.3) is 5.91 Å². The highest BCUT2D eigenvalue weighted by Crippen LogP contribution is 2.31. The van der Waals surface area contributed by atoms with Crippen LogP contribution in [0.2, 0.25) is 0 Å². The number of anilines is 2. The SMILES string of the molecule is CCN(CCO)c1ncnc(NNC(=O)c2ccccc2OC)c1[N+](=O)[O-]. The van der Waals surface area contributed by atoms with Crippen LogP contribution in [0.25, 0.3) is 0 Å². The molecule has 11 nitrogen and oxygen atoms in total. The van der Waals surface area contributed by atoms with Crippen LogP contribution >= 0.6 is 0 Å². The van der Waals surface area contributed by atoms with Crippen LogP contribution < -0.4 is 20.5 Å². The number of nitro groups is 1. The van der Waals surface area contributed by atoms with Crippen molar-refractivity contribution in [2.75, 3.05) is 37.1 Å². The van der Waals surface area contributed by atoms with Crippen molar-refractivity contribution >= 4 is 23.2 Å². The molecule has 0 aliphatic rings. The number of benzene rings is 1. The number of aliphatic hydroxyl groups is 1. The lowest BCUT2D eigenvalue weighted by atomic mass is 10.2. The van der Waals surface area contributed by atoms with Crippen LogP contribution in [0, 0.1) is 10.1 Å². The van der Waals surface area contributed by atoms with E-state index in [0.717, 1.165) is 6.33 Å². The first-order valence-electron chi connectivity index (χ1n) is 8.08. The molecule has 2 rings (SSSR count). The highest BCUT2D eigenvalue weighted by atomic mass is 16.6. The zero-order valence-corrected chi connectivity index (χ0v) is 14.9. The van der Waals surface area contributed by atoms with Crippen molar-refractivity contribution in [3.8, 4) is 5.75 Å². The van der Waals surface area contributed by atoms with Gasteiger partial charge in [-0.3, -0.25) is 25.8 Å². The van der Waals surface area contributed by atoms with Crippen LogP contribution in [-0.4, -0.2) is 52.7 Å². The van der Waals surface area contributed by atoms with E-state index in [9.17, 15) is 14.9 Å². The second-order valence-corrected chi connectivity index (χ2v) is 5.23. The summed E-state index contributed by atoms with van der Waals surface area (Å²) in [7, 11) is 1.43. The van der Waals surface area contributed by atoms with Crippen molar-refractivity contribution < 1.29 is 19.6 Å². The molecule has 1 aromatic carbocycles. The Bertz CT molecular complexity index is 816. The predicted molar refractivity (Wildman–Crippen MR) is 97.7 cm³/mol. The van der Waals surface area contributed by atoms with E-state index in [2.05, 4.69) is 20.8 Å². The minimum absolute atomic E-state index is 0.0422. The lowest BCUT2D eigenvalue weighted by Gasteiger charge is -2.21. The molecule has 0 bridgehead atoms. The number of hydrogen-bond acceptors (Lipinski definition) is 9. The first-order valence-corrected chi connectivity index (χ1v) is 8.08. The van der Waals surface area contributed by atoms with E-state index >= 15 is 0 Å². The summed E-state index contributed by atoms with van der Waals surface area (Å²) in [6.45, 7) is 2.15. The second-order valence-electron chi connectivity index (χ2n) is 5.23. The Morgan fingerprint density at radius 3 is 2.74 bits per heavy atom. The van der Waals surface area contributed by atoms with E-state index in [-0.39, 0.29) is 30.4 Å². The van der Waals surface area contributed by atoms with Crippen molar-refractivity contribution in [3.63, 3.8) is 0 Å². The Labute approximate surface area is 155 Å². The van der Waals surface area contributed by atoms with Crippen LogP contribution in [-0.2, 0) is 0 Å². The number of nitrogens with zero attached hydrogens (tertiary/aromatic N) is 4. The molecule has 0 unspecified atom stereocenters.